The quantitative estimate of drug-likeness (QED) is 0.744. The van der Waals surface area contributed by atoms with Crippen LogP contribution >= 0.6 is 0 Å². The predicted molar refractivity (Wildman–Crippen MR) is 108 cm³/mol. The molecule has 25 heavy (non-hydrogen) atoms. The van der Waals surface area contributed by atoms with Crippen molar-refractivity contribution in [1.29, 1.82) is 0 Å². The highest BCUT2D eigenvalue weighted by Gasteiger charge is 2.37. The maximum Gasteiger partial charge on any atom is 0.0113 e. The summed E-state index contributed by atoms with van der Waals surface area (Å²) < 4.78 is 0. The van der Waals surface area contributed by atoms with Crippen molar-refractivity contribution in [3.8, 4) is 0 Å². The summed E-state index contributed by atoms with van der Waals surface area (Å²) in [6.07, 6.45) is 5.70. The maximum absolute atomic E-state index is 2.79. The second-order valence-corrected chi connectivity index (χ2v) is 10.0. The lowest BCUT2D eigenvalue weighted by atomic mass is 9.73. The van der Waals surface area contributed by atoms with Gasteiger partial charge in [-0.25, -0.2) is 0 Å². The normalized spacial score (nSPS) is 39.1. The summed E-state index contributed by atoms with van der Waals surface area (Å²) in [5.74, 6) is 2.79. The van der Waals surface area contributed by atoms with E-state index < -0.39 is 0 Å². The summed E-state index contributed by atoms with van der Waals surface area (Å²) in [5.41, 5.74) is 0. The zero-order valence-electron chi connectivity index (χ0n) is 17.7. The maximum atomic E-state index is 2.79. The molecule has 3 heteroatoms. The van der Waals surface area contributed by atoms with Gasteiger partial charge < -0.3 is 4.90 Å². The monoisotopic (exact) mass is 349 g/mol. The van der Waals surface area contributed by atoms with Crippen LogP contribution in [0.1, 0.15) is 67.2 Å². The molecule has 3 fully saturated rings. The highest BCUT2D eigenvalue weighted by Crippen LogP contribution is 2.37. The molecule has 0 N–H and O–H groups in total. The largest absolute Gasteiger partial charge is 0.301 e. The number of hydrogen-bond donors (Lipinski definition) is 0. The summed E-state index contributed by atoms with van der Waals surface area (Å²) in [7, 11) is 0. The van der Waals surface area contributed by atoms with Crippen LogP contribution in [0, 0.1) is 17.8 Å². The second kappa shape index (κ2) is 8.27. The molecule has 3 aliphatic rings. The topological polar surface area (TPSA) is 9.72 Å². The molecule has 3 rings (SSSR count). The molecule has 0 bridgehead atoms. The van der Waals surface area contributed by atoms with E-state index in [1.807, 2.05) is 0 Å². The Morgan fingerprint density at radius 2 is 1.36 bits per heavy atom. The average molecular weight is 350 g/mol. The summed E-state index contributed by atoms with van der Waals surface area (Å²) in [6.45, 7) is 21.0. The van der Waals surface area contributed by atoms with Gasteiger partial charge in [-0.2, -0.15) is 0 Å². The van der Waals surface area contributed by atoms with Crippen LogP contribution in [-0.2, 0) is 0 Å². The van der Waals surface area contributed by atoms with E-state index >= 15 is 0 Å². The van der Waals surface area contributed by atoms with Gasteiger partial charge in [0.25, 0.3) is 0 Å². The molecule has 0 aromatic carbocycles. The van der Waals surface area contributed by atoms with Gasteiger partial charge in [-0.1, -0.05) is 13.8 Å². The number of hydrogen-bond acceptors (Lipinski definition) is 3. The highest BCUT2D eigenvalue weighted by molar-refractivity contribution is 4.92. The van der Waals surface area contributed by atoms with Crippen molar-refractivity contribution < 1.29 is 0 Å². The van der Waals surface area contributed by atoms with Gasteiger partial charge in [-0.05, 0) is 71.1 Å². The Labute approximate surface area is 157 Å². The molecule has 1 aliphatic carbocycles. The van der Waals surface area contributed by atoms with Crippen LogP contribution < -0.4 is 0 Å². The van der Waals surface area contributed by atoms with E-state index in [1.54, 1.807) is 0 Å². The van der Waals surface area contributed by atoms with Crippen molar-refractivity contribution >= 4 is 0 Å². The zero-order chi connectivity index (χ0) is 18.1. The number of rotatable bonds is 5. The SMILES string of the molecule is CC(C)C1CC(N2CCN(CC3CC(C)N(C(C)C)C(C)C3)CC2)C1. The van der Waals surface area contributed by atoms with E-state index in [1.165, 1.54) is 58.4 Å². The fourth-order valence-corrected chi connectivity index (χ4v) is 6.05. The first-order valence-electron chi connectivity index (χ1n) is 11.1. The predicted octanol–water partition coefficient (Wildman–Crippen LogP) is 3.94. The van der Waals surface area contributed by atoms with Gasteiger partial charge in [-0.15, -0.1) is 0 Å². The van der Waals surface area contributed by atoms with E-state index in [-0.39, 0.29) is 0 Å². The average Bonchev–Trinajstić information content (AvgIpc) is 2.46. The zero-order valence-corrected chi connectivity index (χ0v) is 17.7. The van der Waals surface area contributed by atoms with Crippen LogP contribution in [-0.4, -0.2) is 71.6 Å². The number of piperidine rings is 1. The molecule has 3 nitrogen and oxygen atoms in total. The third kappa shape index (κ3) is 4.59. The van der Waals surface area contributed by atoms with Crippen molar-refractivity contribution in [3.05, 3.63) is 0 Å². The van der Waals surface area contributed by atoms with Crippen LogP contribution in [0.5, 0.6) is 0 Å². The second-order valence-electron chi connectivity index (χ2n) is 10.0. The lowest BCUT2D eigenvalue weighted by Gasteiger charge is -2.49. The van der Waals surface area contributed by atoms with Crippen LogP contribution in [0.4, 0.5) is 0 Å². The van der Waals surface area contributed by atoms with Gasteiger partial charge in [0.2, 0.25) is 0 Å². The van der Waals surface area contributed by atoms with Crippen LogP contribution in [0.15, 0.2) is 0 Å². The van der Waals surface area contributed by atoms with E-state index in [4.69, 9.17) is 0 Å². The standard InChI is InChI=1S/C22H43N3/c1-16(2)21-13-22(14-21)24-9-7-23(8-10-24)15-20-11-18(5)25(17(3)4)19(6)12-20/h16-22H,7-15H2,1-6H3. The molecule has 0 aromatic heterocycles. The molecule has 2 atom stereocenters. The Kier molecular flexibility index (Phi) is 6.50. The lowest BCUT2D eigenvalue weighted by Crippen LogP contribution is -2.56. The Morgan fingerprint density at radius 3 is 1.84 bits per heavy atom. The first kappa shape index (κ1) is 19.6. The minimum Gasteiger partial charge on any atom is -0.301 e. The molecular formula is C22H43N3. The first-order chi connectivity index (χ1) is 11.8. The number of nitrogens with zero attached hydrogens (tertiary/aromatic N) is 3. The van der Waals surface area contributed by atoms with E-state index in [0.717, 1.165) is 35.9 Å². The van der Waals surface area contributed by atoms with Gasteiger partial charge >= 0.3 is 0 Å². The van der Waals surface area contributed by atoms with Gasteiger partial charge in [0.1, 0.15) is 0 Å². The van der Waals surface area contributed by atoms with E-state index in [9.17, 15) is 0 Å². The van der Waals surface area contributed by atoms with Crippen molar-refractivity contribution in [2.45, 2.75) is 91.4 Å². The van der Waals surface area contributed by atoms with Gasteiger partial charge in [0.15, 0.2) is 0 Å². The molecule has 0 spiro atoms. The Bertz CT molecular complexity index is 395. The summed E-state index contributed by atoms with van der Waals surface area (Å²) in [6, 6.07) is 3.09. The molecule has 146 valence electrons. The molecule has 2 heterocycles. The molecular weight excluding hydrogens is 306 g/mol. The van der Waals surface area contributed by atoms with Crippen molar-refractivity contribution in [1.82, 2.24) is 14.7 Å². The van der Waals surface area contributed by atoms with E-state index in [0.29, 0.717) is 6.04 Å². The fraction of sp³-hybridized carbons (Fsp3) is 1.00. The molecule has 2 saturated heterocycles. The van der Waals surface area contributed by atoms with Gasteiger partial charge in [-0.3, -0.25) is 9.80 Å². The number of likely N-dealkylation sites (tertiary alicyclic amines) is 1. The van der Waals surface area contributed by atoms with Crippen LogP contribution in [0.25, 0.3) is 0 Å². The minimum absolute atomic E-state index is 0.687. The van der Waals surface area contributed by atoms with Crippen molar-refractivity contribution in [3.63, 3.8) is 0 Å². The van der Waals surface area contributed by atoms with Crippen molar-refractivity contribution in [2.24, 2.45) is 17.8 Å². The molecule has 2 aliphatic heterocycles. The Morgan fingerprint density at radius 1 is 0.800 bits per heavy atom. The third-order valence-corrected chi connectivity index (χ3v) is 7.50. The Balaban J connectivity index is 1.40. The smallest absolute Gasteiger partial charge is 0.0113 e. The van der Waals surface area contributed by atoms with Crippen molar-refractivity contribution in [2.75, 3.05) is 32.7 Å². The van der Waals surface area contributed by atoms with Crippen LogP contribution in [0.2, 0.25) is 0 Å². The van der Waals surface area contributed by atoms with Gasteiger partial charge in [0, 0.05) is 56.9 Å². The third-order valence-electron chi connectivity index (χ3n) is 7.50. The van der Waals surface area contributed by atoms with Crippen LogP contribution in [0.3, 0.4) is 0 Å². The molecule has 0 amide bonds. The Hall–Kier alpha value is -0.120. The number of piperazine rings is 1. The van der Waals surface area contributed by atoms with Gasteiger partial charge in [0.05, 0.1) is 0 Å². The van der Waals surface area contributed by atoms with E-state index in [2.05, 4.69) is 56.2 Å². The summed E-state index contributed by atoms with van der Waals surface area (Å²) in [4.78, 5) is 8.29. The molecule has 0 radical (unpaired) electrons. The molecule has 2 unspecified atom stereocenters. The molecule has 1 saturated carbocycles. The molecule has 0 aromatic rings. The first-order valence-corrected chi connectivity index (χ1v) is 11.1. The summed E-state index contributed by atoms with van der Waals surface area (Å²) in [5, 5.41) is 0. The highest BCUT2D eigenvalue weighted by atomic mass is 15.3. The fourth-order valence-electron chi connectivity index (χ4n) is 6.05. The lowest BCUT2D eigenvalue weighted by molar-refractivity contribution is 0.000480. The minimum atomic E-state index is 0.687. The summed E-state index contributed by atoms with van der Waals surface area (Å²) >= 11 is 0.